The van der Waals surface area contributed by atoms with Gasteiger partial charge in [0.15, 0.2) is 17.5 Å². The molecule has 0 saturated heterocycles. The third-order valence-corrected chi connectivity index (χ3v) is 12.6. The Balaban J connectivity index is 0.926. The third kappa shape index (κ3) is 5.55. The van der Waals surface area contributed by atoms with Crippen LogP contribution in [-0.2, 0) is 5.41 Å². The molecule has 2 aliphatic carbocycles. The van der Waals surface area contributed by atoms with Gasteiger partial charge in [0.05, 0.1) is 5.41 Å². The van der Waals surface area contributed by atoms with Gasteiger partial charge >= 0.3 is 0 Å². The summed E-state index contributed by atoms with van der Waals surface area (Å²) in [5, 5.41) is 0. The van der Waals surface area contributed by atoms with Crippen molar-refractivity contribution >= 4 is 0 Å². The summed E-state index contributed by atoms with van der Waals surface area (Å²) in [7, 11) is 0. The summed E-state index contributed by atoms with van der Waals surface area (Å²) >= 11 is 0. The average molecular weight is 776 g/mol. The molecule has 0 bridgehead atoms. The van der Waals surface area contributed by atoms with Crippen LogP contribution in [0.15, 0.2) is 224 Å². The molecule has 0 radical (unpaired) electrons. The van der Waals surface area contributed by atoms with E-state index >= 15 is 0 Å². The fourth-order valence-corrected chi connectivity index (χ4v) is 9.86. The summed E-state index contributed by atoms with van der Waals surface area (Å²) in [4.78, 5) is 15.0. The van der Waals surface area contributed by atoms with Crippen LogP contribution >= 0.6 is 0 Å². The average Bonchev–Trinajstić information content (AvgIpc) is 3.82. The van der Waals surface area contributed by atoms with Gasteiger partial charge in [-0.15, -0.1) is 0 Å². The molecule has 0 atom stereocenters. The van der Waals surface area contributed by atoms with Crippen LogP contribution in [0.4, 0.5) is 0 Å². The van der Waals surface area contributed by atoms with Crippen molar-refractivity contribution in [1.82, 2.24) is 15.0 Å². The van der Waals surface area contributed by atoms with Gasteiger partial charge in [0, 0.05) is 16.7 Å². The van der Waals surface area contributed by atoms with Gasteiger partial charge in [0.2, 0.25) is 0 Å². The molecule has 10 aromatic rings. The predicted octanol–water partition coefficient (Wildman–Crippen LogP) is 14.2. The molecule has 0 amide bonds. The summed E-state index contributed by atoms with van der Waals surface area (Å²) < 4.78 is 0. The van der Waals surface area contributed by atoms with Crippen molar-refractivity contribution in [3.05, 3.63) is 247 Å². The van der Waals surface area contributed by atoms with Crippen LogP contribution in [0.5, 0.6) is 0 Å². The van der Waals surface area contributed by atoms with Gasteiger partial charge in [-0.25, -0.2) is 15.0 Å². The molecule has 2 aliphatic rings. The molecule has 0 fully saturated rings. The van der Waals surface area contributed by atoms with Crippen LogP contribution < -0.4 is 0 Å². The highest BCUT2D eigenvalue weighted by molar-refractivity contribution is 6.00. The summed E-state index contributed by atoms with van der Waals surface area (Å²) in [6.45, 7) is 0. The summed E-state index contributed by atoms with van der Waals surface area (Å²) in [6.07, 6.45) is 0. The van der Waals surface area contributed by atoms with Gasteiger partial charge in [-0.2, -0.15) is 0 Å². The van der Waals surface area contributed by atoms with E-state index in [4.69, 9.17) is 15.0 Å². The molecule has 1 aromatic heterocycles. The van der Waals surface area contributed by atoms with E-state index in [9.17, 15) is 0 Å². The Kier molecular flexibility index (Phi) is 8.07. The highest BCUT2D eigenvalue weighted by Gasteiger charge is 2.51. The first-order chi connectivity index (χ1) is 30.2. The number of rotatable bonds is 6. The Labute approximate surface area is 355 Å². The molecule has 12 rings (SSSR count). The zero-order chi connectivity index (χ0) is 40.3. The van der Waals surface area contributed by atoms with Crippen LogP contribution in [-0.4, -0.2) is 15.0 Å². The van der Waals surface area contributed by atoms with Crippen molar-refractivity contribution in [3.8, 4) is 89.8 Å². The maximum absolute atomic E-state index is 5.05. The molecule has 0 saturated carbocycles. The highest BCUT2D eigenvalue weighted by Crippen LogP contribution is 2.63. The number of hydrogen-bond acceptors (Lipinski definition) is 3. The molecule has 3 nitrogen and oxygen atoms in total. The van der Waals surface area contributed by atoms with E-state index < -0.39 is 0 Å². The second kappa shape index (κ2) is 14.1. The van der Waals surface area contributed by atoms with Crippen molar-refractivity contribution in [2.75, 3.05) is 0 Å². The van der Waals surface area contributed by atoms with E-state index in [1.54, 1.807) is 0 Å². The van der Waals surface area contributed by atoms with E-state index in [-0.39, 0.29) is 5.41 Å². The lowest BCUT2D eigenvalue weighted by Crippen LogP contribution is -2.25. The normalized spacial score (nSPS) is 12.7. The minimum Gasteiger partial charge on any atom is -0.208 e. The number of hydrogen-bond donors (Lipinski definition) is 0. The SMILES string of the molecule is c1ccc(-c2ccc(-c3nc(-c4ccccc4)nc(-c4ccc(-c5cccc(-c6cccc7c6-c6ccccc6C76c7ccccc7-c7ccccc76)c5)cc4)n3)cc2)cc1. The number of benzene rings is 9. The van der Waals surface area contributed by atoms with Crippen molar-refractivity contribution in [2.45, 2.75) is 5.41 Å². The van der Waals surface area contributed by atoms with Gasteiger partial charge in [-0.1, -0.05) is 218 Å². The number of nitrogens with zero attached hydrogens (tertiary/aromatic N) is 3. The summed E-state index contributed by atoms with van der Waals surface area (Å²) in [6, 6.07) is 80.5. The highest BCUT2D eigenvalue weighted by atomic mass is 15.0. The second-order valence-corrected chi connectivity index (χ2v) is 15.9. The summed E-state index contributed by atoms with van der Waals surface area (Å²) in [5.41, 5.74) is 20.1. The Morgan fingerprint density at radius 1 is 0.230 bits per heavy atom. The predicted molar refractivity (Wildman–Crippen MR) is 249 cm³/mol. The van der Waals surface area contributed by atoms with Crippen LogP contribution in [0, 0.1) is 0 Å². The van der Waals surface area contributed by atoms with E-state index in [1.807, 2.05) is 36.4 Å². The van der Waals surface area contributed by atoms with Gasteiger partial charge in [0.25, 0.3) is 0 Å². The van der Waals surface area contributed by atoms with Gasteiger partial charge < -0.3 is 0 Å². The van der Waals surface area contributed by atoms with Crippen molar-refractivity contribution in [1.29, 1.82) is 0 Å². The van der Waals surface area contributed by atoms with E-state index in [1.165, 1.54) is 61.2 Å². The maximum atomic E-state index is 5.05. The van der Waals surface area contributed by atoms with Crippen LogP contribution in [0.25, 0.3) is 89.8 Å². The molecule has 3 heteroatoms. The van der Waals surface area contributed by atoms with E-state index in [0.29, 0.717) is 17.5 Å². The maximum Gasteiger partial charge on any atom is 0.164 e. The van der Waals surface area contributed by atoms with Crippen LogP contribution in [0.1, 0.15) is 22.3 Å². The topological polar surface area (TPSA) is 38.7 Å². The molecule has 0 aliphatic heterocycles. The lowest BCUT2D eigenvalue weighted by atomic mass is 9.70. The van der Waals surface area contributed by atoms with Gasteiger partial charge in [-0.3, -0.25) is 0 Å². The minimum atomic E-state index is -0.372. The van der Waals surface area contributed by atoms with Crippen LogP contribution in [0.3, 0.4) is 0 Å². The lowest BCUT2D eigenvalue weighted by molar-refractivity contribution is 0.794. The first-order valence-electron chi connectivity index (χ1n) is 20.9. The van der Waals surface area contributed by atoms with Crippen molar-refractivity contribution in [2.24, 2.45) is 0 Å². The summed E-state index contributed by atoms with van der Waals surface area (Å²) in [5.74, 6) is 1.93. The molecule has 1 heterocycles. The van der Waals surface area contributed by atoms with E-state index in [0.717, 1.165) is 33.4 Å². The van der Waals surface area contributed by atoms with Crippen molar-refractivity contribution < 1.29 is 0 Å². The molecule has 284 valence electrons. The number of aromatic nitrogens is 3. The standard InChI is InChI=1S/C58H37N3/c1-3-15-38(16-4-1)39-29-33-42(34-30-39)56-59-55(41-17-5-2-6-18-41)60-57(61-56)43-35-31-40(32-36-43)44-19-13-20-45(37-44)46-24-14-28-53-54(46)49-23-9-12-27-52(49)58(53)50-25-10-7-21-47(50)48-22-8-11-26-51(48)58/h1-37H. The Bertz CT molecular complexity index is 3230. The molecule has 61 heavy (non-hydrogen) atoms. The molecular formula is C58H37N3. The fraction of sp³-hybridized carbons (Fsp3) is 0.0172. The Morgan fingerprint density at radius 2 is 0.574 bits per heavy atom. The molecule has 0 unspecified atom stereocenters. The fourth-order valence-electron chi connectivity index (χ4n) is 9.86. The Hall–Kier alpha value is -8.01. The third-order valence-electron chi connectivity index (χ3n) is 12.6. The van der Waals surface area contributed by atoms with Gasteiger partial charge in [-0.05, 0) is 84.0 Å². The quantitative estimate of drug-likeness (QED) is 0.169. The minimum absolute atomic E-state index is 0.372. The zero-order valence-electron chi connectivity index (χ0n) is 33.2. The zero-order valence-corrected chi connectivity index (χ0v) is 33.2. The lowest BCUT2D eigenvalue weighted by Gasteiger charge is -2.30. The Morgan fingerprint density at radius 3 is 1.15 bits per heavy atom. The monoisotopic (exact) mass is 775 g/mol. The van der Waals surface area contributed by atoms with Crippen LogP contribution in [0.2, 0.25) is 0 Å². The van der Waals surface area contributed by atoms with Crippen molar-refractivity contribution in [3.63, 3.8) is 0 Å². The smallest absolute Gasteiger partial charge is 0.164 e. The largest absolute Gasteiger partial charge is 0.208 e. The first-order valence-corrected chi connectivity index (χ1v) is 20.9. The second-order valence-electron chi connectivity index (χ2n) is 15.9. The molecular weight excluding hydrogens is 739 g/mol. The molecule has 0 N–H and O–H groups in total. The molecule has 9 aromatic carbocycles. The first kappa shape index (κ1) is 35.0. The van der Waals surface area contributed by atoms with E-state index in [2.05, 4.69) is 188 Å². The van der Waals surface area contributed by atoms with Gasteiger partial charge in [0.1, 0.15) is 0 Å². The molecule has 1 spiro atoms. The number of fused-ring (bicyclic) bond motifs is 10.